The van der Waals surface area contributed by atoms with Gasteiger partial charge in [-0.3, -0.25) is 24.0 Å². The maximum atomic E-state index is 13.4. The quantitative estimate of drug-likeness (QED) is 0.246. The van der Waals surface area contributed by atoms with Crippen LogP contribution in [0.4, 0.5) is 0 Å². The molecule has 1 aliphatic heterocycles. The fraction of sp³-hybridized carbons (Fsp3) is 0.462. The molecule has 2 aromatic rings. The van der Waals surface area contributed by atoms with Crippen LogP contribution in [0.25, 0.3) is 11.0 Å². The van der Waals surface area contributed by atoms with Crippen molar-refractivity contribution in [1.82, 2.24) is 0 Å². The molecule has 0 radical (unpaired) electrons. The van der Waals surface area contributed by atoms with Gasteiger partial charge in [-0.25, -0.2) is 4.79 Å². The minimum Gasteiger partial charge on any atom is -0.481 e. The Balaban J connectivity index is 2.53. The summed E-state index contributed by atoms with van der Waals surface area (Å²) in [7, 11) is 0. The standard InChI is InChI=1S/C26H28O13/c1-11-17-7-6-16(8-19(17)38-22(34)18(11)9-21(32)33)24(13(3)29)26(37,15(5)31)25(36,14(4)30)23(35,12(2)28)20(10-27)39-24/h6-8,20,27,35-37H,9-10H2,1-5H3,(H,32,33)/t20-,23+,24-,25+,26+/m1/s1. The number of hydrogen-bond donors (Lipinski definition) is 5. The van der Waals surface area contributed by atoms with E-state index >= 15 is 0 Å². The second-order valence-electron chi connectivity index (χ2n) is 9.66. The van der Waals surface area contributed by atoms with Gasteiger partial charge in [-0.15, -0.1) is 0 Å². The number of carboxylic acids is 1. The van der Waals surface area contributed by atoms with E-state index in [1.54, 1.807) is 0 Å². The molecule has 3 rings (SSSR count). The molecule has 0 amide bonds. The number of aliphatic carboxylic acids is 1. The molecule has 5 N–H and O–H groups in total. The number of Topliss-reactive ketones (excluding diaryl/α,β-unsaturated/α-hetero) is 4. The van der Waals surface area contributed by atoms with Crippen molar-refractivity contribution in [2.75, 3.05) is 6.61 Å². The summed E-state index contributed by atoms with van der Waals surface area (Å²) < 4.78 is 11.0. The van der Waals surface area contributed by atoms with Gasteiger partial charge in [-0.2, -0.15) is 0 Å². The van der Waals surface area contributed by atoms with E-state index < -0.39 is 81.8 Å². The predicted octanol–water partition coefficient (Wildman–Crippen LogP) is -1.14. The Morgan fingerprint density at radius 1 is 0.897 bits per heavy atom. The number of benzene rings is 1. The van der Waals surface area contributed by atoms with E-state index in [4.69, 9.17) is 14.3 Å². The zero-order valence-corrected chi connectivity index (χ0v) is 21.7. The highest BCUT2D eigenvalue weighted by Gasteiger charge is 2.83. The number of ketones is 4. The third-order valence-corrected chi connectivity index (χ3v) is 7.61. The Bertz CT molecular complexity index is 1490. The Hall–Kier alpha value is -3.62. The summed E-state index contributed by atoms with van der Waals surface area (Å²) in [6.45, 7) is 3.11. The molecule has 5 atom stereocenters. The van der Waals surface area contributed by atoms with Crippen molar-refractivity contribution in [3.63, 3.8) is 0 Å². The lowest BCUT2D eigenvalue weighted by molar-refractivity contribution is -0.347. The molecule has 1 aromatic heterocycles. The van der Waals surface area contributed by atoms with Crippen molar-refractivity contribution in [1.29, 1.82) is 0 Å². The highest BCUT2D eigenvalue weighted by atomic mass is 16.6. The number of ether oxygens (including phenoxy) is 1. The van der Waals surface area contributed by atoms with Crippen LogP contribution in [-0.4, -0.2) is 84.1 Å². The van der Waals surface area contributed by atoms with E-state index in [1.807, 2.05) is 0 Å². The lowest BCUT2D eigenvalue weighted by Gasteiger charge is -2.61. The van der Waals surface area contributed by atoms with E-state index in [9.17, 15) is 49.2 Å². The summed E-state index contributed by atoms with van der Waals surface area (Å²) in [4.78, 5) is 75.9. The van der Waals surface area contributed by atoms with Gasteiger partial charge in [-0.1, -0.05) is 12.1 Å². The Morgan fingerprint density at radius 2 is 1.46 bits per heavy atom. The molecule has 1 fully saturated rings. The van der Waals surface area contributed by atoms with Gasteiger partial charge in [-0.05, 0) is 51.8 Å². The third kappa shape index (κ3) is 3.65. The van der Waals surface area contributed by atoms with Gasteiger partial charge in [0.2, 0.25) is 11.2 Å². The zero-order chi connectivity index (χ0) is 29.9. The molecule has 210 valence electrons. The Morgan fingerprint density at radius 3 is 1.90 bits per heavy atom. The lowest BCUT2D eigenvalue weighted by atomic mass is 9.53. The van der Waals surface area contributed by atoms with Crippen molar-refractivity contribution in [3.05, 3.63) is 45.3 Å². The fourth-order valence-corrected chi connectivity index (χ4v) is 5.61. The first kappa shape index (κ1) is 29.9. The summed E-state index contributed by atoms with van der Waals surface area (Å²) in [6.07, 6.45) is -2.86. The molecule has 1 aromatic carbocycles. The second kappa shape index (κ2) is 9.54. The normalized spacial score (nSPS) is 30.6. The molecule has 0 spiro atoms. The molecular weight excluding hydrogens is 520 g/mol. The highest BCUT2D eigenvalue weighted by molar-refractivity contribution is 6.10. The van der Waals surface area contributed by atoms with Gasteiger partial charge in [0, 0.05) is 5.39 Å². The first-order valence-electron chi connectivity index (χ1n) is 11.7. The van der Waals surface area contributed by atoms with E-state index in [1.165, 1.54) is 13.0 Å². The number of fused-ring (bicyclic) bond motifs is 1. The van der Waals surface area contributed by atoms with Gasteiger partial charge in [0.25, 0.3) is 0 Å². The monoisotopic (exact) mass is 548 g/mol. The van der Waals surface area contributed by atoms with Crippen molar-refractivity contribution in [2.24, 2.45) is 0 Å². The number of hydrogen-bond acceptors (Lipinski definition) is 12. The van der Waals surface area contributed by atoms with Crippen LogP contribution in [0.2, 0.25) is 0 Å². The average Bonchev–Trinajstić information content (AvgIpc) is 2.84. The summed E-state index contributed by atoms with van der Waals surface area (Å²) in [5, 5.41) is 54.4. The maximum absolute atomic E-state index is 13.4. The molecule has 39 heavy (non-hydrogen) atoms. The van der Waals surface area contributed by atoms with Crippen molar-refractivity contribution >= 4 is 40.1 Å². The molecule has 0 bridgehead atoms. The van der Waals surface area contributed by atoms with Gasteiger partial charge < -0.3 is 34.7 Å². The summed E-state index contributed by atoms with van der Waals surface area (Å²) >= 11 is 0. The van der Waals surface area contributed by atoms with Crippen LogP contribution < -0.4 is 5.63 Å². The van der Waals surface area contributed by atoms with E-state index in [-0.39, 0.29) is 22.1 Å². The Labute approximate surface area is 220 Å². The SMILES string of the molecule is CC(=O)[C@@]1(O)[C@](O)(C(C)=O)[C@](O)(C(C)=O)[C@@H](CO)O[C@]1(C(C)=O)c1ccc2c(C)c(CC(=O)O)c(=O)oc2c1. The number of aliphatic hydroxyl groups excluding tert-OH is 1. The van der Waals surface area contributed by atoms with E-state index in [2.05, 4.69) is 0 Å². The second-order valence-corrected chi connectivity index (χ2v) is 9.66. The molecule has 1 aliphatic rings. The number of carbonyl (C=O) groups excluding carboxylic acids is 4. The molecule has 13 nitrogen and oxygen atoms in total. The third-order valence-electron chi connectivity index (χ3n) is 7.61. The smallest absolute Gasteiger partial charge is 0.340 e. The van der Waals surface area contributed by atoms with Crippen LogP contribution in [0.1, 0.15) is 44.4 Å². The van der Waals surface area contributed by atoms with Crippen LogP contribution in [0, 0.1) is 6.92 Å². The van der Waals surface area contributed by atoms with E-state index in [0.29, 0.717) is 13.8 Å². The first-order valence-corrected chi connectivity index (χ1v) is 11.7. The molecular formula is C26H28O13. The van der Waals surface area contributed by atoms with Crippen molar-refractivity contribution in [3.8, 4) is 0 Å². The minimum absolute atomic E-state index is 0.156. The fourth-order valence-electron chi connectivity index (χ4n) is 5.61. The van der Waals surface area contributed by atoms with Crippen LogP contribution in [0.3, 0.4) is 0 Å². The molecule has 0 unspecified atom stereocenters. The lowest BCUT2D eigenvalue weighted by Crippen LogP contribution is -2.89. The average molecular weight is 548 g/mol. The molecule has 0 saturated carbocycles. The summed E-state index contributed by atoms with van der Waals surface area (Å²) in [5.41, 5.74) is -15.5. The van der Waals surface area contributed by atoms with Crippen molar-refractivity contribution in [2.45, 2.75) is 69.5 Å². The molecule has 0 aliphatic carbocycles. The summed E-state index contributed by atoms with van der Waals surface area (Å²) in [5.74, 6) is -6.80. The Kier molecular flexibility index (Phi) is 7.32. The predicted molar refractivity (Wildman–Crippen MR) is 130 cm³/mol. The first-order chi connectivity index (χ1) is 17.9. The summed E-state index contributed by atoms with van der Waals surface area (Å²) in [6, 6.07) is 3.38. The number of carbonyl (C=O) groups is 5. The topological polar surface area (TPSA) is 226 Å². The molecule has 13 heteroatoms. The van der Waals surface area contributed by atoms with Gasteiger partial charge in [0.05, 0.1) is 18.6 Å². The largest absolute Gasteiger partial charge is 0.481 e. The zero-order valence-electron chi connectivity index (χ0n) is 21.7. The van der Waals surface area contributed by atoms with Gasteiger partial charge in [0.1, 0.15) is 11.7 Å². The van der Waals surface area contributed by atoms with Gasteiger partial charge in [0.15, 0.2) is 34.3 Å². The van der Waals surface area contributed by atoms with Crippen molar-refractivity contribution < 1.29 is 58.7 Å². The molecule has 1 saturated heterocycles. The minimum atomic E-state index is -3.72. The maximum Gasteiger partial charge on any atom is 0.340 e. The number of carboxylic acid groups (broad SMARTS) is 1. The number of aryl methyl sites for hydroxylation is 1. The van der Waals surface area contributed by atoms with E-state index in [0.717, 1.165) is 26.0 Å². The van der Waals surface area contributed by atoms with Gasteiger partial charge >= 0.3 is 11.6 Å². The highest BCUT2D eigenvalue weighted by Crippen LogP contribution is 2.56. The number of rotatable bonds is 8. The number of aliphatic hydroxyl groups is 4. The van der Waals surface area contributed by atoms with Crippen LogP contribution in [0.5, 0.6) is 0 Å². The van der Waals surface area contributed by atoms with Crippen LogP contribution in [-0.2, 0) is 40.7 Å². The van der Waals surface area contributed by atoms with Crippen LogP contribution >= 0.6 is 0 Å². The van der Waals surface area contributed by atoms with Crippen LogP contribution in [0.15, 0.2) is 27.4 Å². The molecule has 2 heterocycles.